The van der Waals surface area contributed by atoms with Gasteiger partial charge in [0.05, 0.1) is 6.61 Å². The fraction of sp³-hybridized carbons (Fsp3) is 0.545. The molecule has 1 amide bonds. The Balaban J connectivity index is 1.52. The van der Waals surface area contributed by atoms with Crippen molar-refractivity contribution in [3.05, 3.63) is 53.9 Å². The standard InChI is InChI=1S/C22H31N3O2/c1-19-10-14-23-25(19)16-11-21(27)24-15-6-13-22(17-24,18-26)12-5-9-20-7-3-2-4-8-20/h2-4,7-8,10,14,26H,5-6,9,11-13,15-18H2,1H3. The van der Waals surface area contributed by atoms with Gasteiger partial charge in [-0.3, -0.25) is 9.48 Å². The van der Waals surface area contributed by atoms with Crippen molar-refractivity contribution in [3.63, 3.8) is 0 Å². The van der Waals surface area contributed by atoms with E-state index in [1.165, 1.54) is 5.56 Å². The molecule has 1 aromatic heterocycles. The second kappa shape index (κ2) is 9.18. The van der Waals surface area contributed by atoms with Crippen molar-refractivity contribution >= 4 is 5.91 Å². The third-order valence-electron chi connectivity index (χ3n) is 5.83. The summed E-state index contributed by atoms with van der Waals surface area (Å²) >= 11 is 0. The quantitative estimate of drug-likeness (QED) is 0.777. The van der Waals surface area contributed by atoms with E-state index < -0.39 is 0 Å². The first-order valence-electron chi connectivity index (χ1n) is 10.0. The molecule has 5 heteroatoms. The van der Waals surface area contributed by atoms with Crippen molar-refractivity contribution in [2.75, 3.05) is 19.7 Å². The fourth-order valence-corrected chi connectivity index (χ4v) is 4.14. The molecule has 0 spiro atoms. The molecule has 1 aromatic carbocycles. The second-order valence-electron chi connectivity index (χ2n) is 7.86. The van der Waals surface area contributed by atoms with Gasteiger partial charge >= 0.3 is 0 Å². The second-order valence-corrected chi connectivity index (χ2v) is 7.86. The van der Waals surface area contributed by atoms with Crippen LogP contribution in [0.2, 0.25) is 0 Å². The first kappa shape index (κ1) is 19.6. The number of piperidine rings is 1. The molecule has 1 fully saturated rings. The maximum atomic E-state index is 12.7. The molecular formula is C22H31N3O2. The number of amides is 1. The van der Waals surface area contributed by atoms with E-state index in [4.69, 9.17) is 0 Å². The highest BCUT2D eigenvalue weighted by Gasteiger charge is 2.36. The summed E-state index contributed by atoms with van der Waals surface area (Å²) in [5, 5.41) is 14.4. The van der Waals surface area contributed by atoms with Gasteiger partial charge in [0.1, 0.15) is 0 Å². The minimum Gasteiger partial charge on any atom is -0.396 e. The van der Waals surface area contributed by atoms with Gasteiger partial charge in [-0.05, 0) is 50.7 Å². The number of hydrogen-bond donors (Lipinski definition) is 1. The van der Waals surface area contributed by atoms with Crippen LogP contribution in [0.3, 0.4) is 0 Å². The Morgan fingerprint density at radius 3 is 2.78 bits per heavy atom. The molecule has 0 radical (unpaired) electrons. The van der Waals surface area contributed by atoms with Crippen LogP contribution >= 0.6 is 0 Å². The van der Waals surface area contributed by atoms with E-state index in [0.717, 1.165) is 44.3 Å². The third kappa shape index (κ3) is 5.19. The van der Waals surface area contributed by atoms with Crippen LogP contribution in [0, 0.1) is 12.3 Å². The number of aryl methyl sites for hydroxylation is 3. The van der Waals surface area contributed by atoms with E-state index in [2.05, 4.69) is 29.4 Å². The van der Waals surface area contributed by atoms with E-state index in [-0.39, 0.29) is 17.9 Å². The Kier molecular flexibility index (Phi) is 6.67. The molecule has 0 saturated carbocycles. The molecule has 1 N–H and O–H groups in total. The average molecular weight is 370 g/mol. The molecule has 2 aromatic rings. The van der Waals surface area contributed by atoms with Crippen molar-refractivity contribution in [2.45, 2.75) is 52.0 Å². The van der Waals surface area contributed by atoms with Gasteiger partial charge in [0.15, 0.2) is 0 Å². The monoisotopic (exact) mass is 369 g/mol. The van der Waals surface area contributed by atoms with Gasteiger partial charge in [-0.1, -0.05) is 30.3 Å². The minimum absolute atomic E-state index is 0.149. The molecule has 1 aliphatic rings. The lowest BCUT2D eigenvalue weighted by Gasteiger charge is -2.42. The van der Waals surface area contributed by atoms with Crippen molar-refractivity contribution in [1.29, 1.82) is 0 Å². The molecule has 146 valence electrons. The van der Waals surface area contributed by atoms with Gasteiger partial charge in [-0.25, -0.2) is 0 Å². The summed E-state index contributed by atoms with van der Waals surface area (Å²) in [6.45, 7) is 4.26. The Hall–Kier alpha value is -2.14. The number of aromatic nitrogens is 2. The number of carbonyl (C=O) groups excluding carboxylic acids is 1. The van der Waals surface area contributed by atoms with Crippen LogP contribution in [0.5, 0.6) is 0 Å². The maximum absolute atomic E-state index is 12.7. The lowest BCUT2D eigenvalue weighted by molar-refractivity contribution is -0.136. The van der Waals surface area contributed by atoms with Crippen LogP contribution in [0.1, 0.15) is 43.4 Å². The number of hydrogen-bond acceptors (Lipinski definition) is 3. The summed E-state index contributed by atoms with van der Waals surface area (Å²) in [6.07, 6.45) is 7.23. The van der Waals surface area contributed by atoms with Gasteiger partial charge in [-0.15, -0.1) is 0 Å². The highest BCUT2D eigenvalue weighted by molar-refractivity contribution is 5.76. The molecule has 3 rings (SSSR count). The number of rotatable bonds is 8. The molecule has 5 nitrogen and oxygen atoms in total. The molecular weight excluding hydrogens is 338 g/mol. The van der Waals surface area contributed by atoms with E-state index in [0.29, 0.717) is 19.5 Å². The van der Waals surface area contributed by atoms with E-state index in [1.54, 1.807) is 6.20 Å². The normalized spacial score (nSPS) is 20.0. The van der Waals surface area contributed by atoms with Crippen LogP contribution in [0.4, 0.5) is 0 Å². The fourth-order valence-electron chi connectivity index (χ4n) is 4.14. The van der Waals surface area contributed by atoms with Gasteiger partial charge in [0, 0.05) is 43.4 Å². The van der Waals surface area contributed by atoms with Gasteiger partial charge < -0.3 is 10.0 Å². The van der Waals surface area contributed by atoms with Crippen LogP contribution in [-0.4, -0.2) is 45.4 Å². The highest BCUT2D eigenvalue weighted by Crippen LogP contribution is 2.35. The first-order chi connectivity index (χ1) is 13.1. The molecule has 2 heterocycles. The summed E-state index contributed by atoms with van der Waals surface area (Å²) in [7, 11) is 0. The van der Waals surface area contributed by atoms with Gasteiger partial charge in [-0.2, -0.15) is 5.10 Å². The van der Waals surface area contributed by atoms with E-state index in [9.17, 15) is 9.90 Å². The van der Waals surface area contributed by atoms with Crippen molar-refractivity contribution in [1.82, 2.24) is 14.7 Å². The summed E-state index contributed by atoms with van der Waals surface area (Å²) in [4.78, 5) is 14.7. The van der Waals surface area contributed by atoms with Crippen molar-refractivity contribution in [3.8, 4) is 0 Å². The molecule has 1 atom stereocenters. The van der Waals surface area contributed by atoms with E-state index in [1.807, 2.05) is 28.6 Å². The largest absolute Gasteiger partial charge is 0.396 e. The van der Waals surface area contributed by atoms with Crippen LogP contribution in [0.25, 0.3) is 0 Å². The predicted octanol–water partition coefficient (Wildman–Crippen LogP) is 3.21. The summed E-state index contributed by atoms with van der Waals surface area (Å²) in [5.41, 5.74) is 2.26. The number of likely N-dealkylation sites (tertiary alicyclic amines) is 1. The average Bonchev–Trinajstić information content (AvgIpc) is 3.12. The number of nitrogens with zero attached hydrogens (tertiary/aromatic N) is 3. The topological polar surface area (TPSA) is 58.4 Å². The lowest BCUT2D eigenvalue weighted by Crippen LogP contribution is -2.48. The SMILES string of the molecule is Cc1ccnn1CCC(=O)N1CCCC(CO)(CCCc2ccccc2)C1. The summed E-state index contributed by atoms with van der Waals surface area (Å²) in [5.74, 6) is 0.172. The van der Waals surface area contributed by atoms with Crippen LogP contribution in [0.15, 0.2) is 42.6 Å². The maximum Gasteiger partial charge on any atom is 0.224 e. The highest BCUT2D eigenvalue weighted by atomic mass is 16.3. The van der Waals surface area contributed by atoms with Crippen molar-refractivity contribution < 1.29 is 9.90 Å². The Morgan fingerprint density at radius 1 is 1.26 bits per heavy atom. The van der Waals surface area contributed by atoms with Gasteiger partial charge in [0.25, 0.3) is 0 Å². The zero-order valence-corrected chi connectivity index (χ0v) is 16.3. The van der Waals surface area contributed by atoms with Crippen LogP contribution in [-0.2, 0) is 17.8 Å². The Morgan fingerprint density at radius 2 is 2.07 bits per heavy atom. The summed E-state index contributed by atoms with van der Waals surface area (Å²) < 4.78 is 1.88. The van der Waals surface area contributed by atoms with Gasteiger partial charge in [0.2, 0.25) is 5.91 Å². The molecule has 0 bridgehead atoms. The van der Waals surface area contributed by atoms with Crippen molar-refractivity contribution in [2.24, 2.45) is 5.41 Å². The number of carbonyl (C=O) groups is 1. The Bertz CT molecular complexity index is 728. The zero-order chi connectivity index (χ0) is 19.1. The smallest absolute Gasteiger partial charge is 0.224 e. The van der Waals surface area contributed by atoms with E-state index >= 15 is 0 Å². The third-order valence-corrected chi connectivity index (χ3v) is 5.83. The minimum atomic E-state index is -0.149. The molecule has 27 heavy (non-hydrogen) atoms. The molecule has 1 unspecified atom stereocenters. The molecule has 0 aliphatic carbocycles. The lowest BCUT2D eigenvalue weighted by atomic mass is 9.76. The summed E-state index contributed by atoms with van der Waals surface area (Å²) in [6, 6.07) is 12.4. The van der Waals surface area contributed by atoms with Crippen LogP contribution < -0.4 is 0 Å². The predicted molar refractivity (Wildman–Crippen MR) is 106 cm³/mol. The number of aliphatic hydroxyl groups is 1. The first-order valence-corrected chi connectivity index (χ1v) is 10.0. The zero-order valence-electron chi connectivity index (χ0n) is 16.3. The number of aliphatic hydroxyl groups excluding tert-OH is 1. The molecule has 1 aliphatic heterocycles. The molecule has 1 saturated heterocycles. The Labute approximate surface area is 162 Å². The number of benzene rings is 1.